The molecule has 3 aliphatic rings. The first-order valence-electron chi connectivity index (χ1n) is 14.0. The third-order valence-corrected chi connectivity index (χ3v) is 9.15. The molecule has 3 nitrogen and oxygen atoms in total. The summed E-state index contributed by atoms with van der Waals surface area (Å²) in [6, 6.07) is 5.35. The van der Waals surface area contributed by atoms with Crippen LogP contribution in [0.5, 0.6) is 0 Å². The Bertz CT molecular complexity index is 871. The van der Waals surface area contributed by atoms with E-state index in [4.69, 9.17) is 0 Å². The highest BCUT2D eigenvalue weighted by Crippen LogP contribution is 2.45. The molecule has 0 radical (unpaired) electrons. The van der Waals surface area contributed by atoms with Crippen molar-refractivity contribution < 1.29 is 31.9 Å². The summed E-state index contributed by atoms with van der Waals surface area (Å²) in [5, 5.41) is 9.40. The molecule has 1 N–H and O–H groups in total. The van der Waals surface area contributed by atoms with Crippen molar-refractivity contribution in [3.63, 3.8) is 0 Å². The van der Waals surface area contributed by atoms with Crippen LogP contribution in [0.1, 0.15) is 107 Å². The van der Waals surface area contributed by atoms with Crippen molar-refractivity contribution in [2.24, 2.45) is 11.8 Å². The van der Waals surface area contributed by atoms with Gasteiger partial charge in [0.25, 0.3) is 0 Å². The van der Waals surface area contributed by atoms with E-state index in [2.05, 4.69) is 4.90 Å². The van der Waals surface area contributed by atoms with Gasteiger partial charge in [-0.1, -0.05) is 44.2 Å². The lowest BCUT2D eigenvalue weighted by Crippen LogP contribution is -2.51. The molecule has 3 atom stereocenters. The van der Waals surface area contributed by atoms with E-state index in [0.29, 0.717) is 25.2 Å². The SMILES string of the molecule is O=C(O)C[C@@H]1CC[C@@H](N(CCC2CCCCC2)C2CCC(F)(F)CC2)[C@H](c2ccc(C(F)(F)F)cc2)C1. The van der Waals surface area contributed by atoms with Crippen LogP contribution in [0.3, 0.4) is 0 Å². The van der Waals surface area contributed by atoms with Crippen LogP contribution in [-0.2, 0) is 11.0 Å². The molecule has 3 saturated carbocycles. The summed E-state index contributed by atoms with van der Waals surface area (Å²) in [5.41, 5.74) is 0.0891. The lowest BCUT2D eigenvalue weighted by molar-refractivity contribution is -0.139. The Morgan fingerprint density at radius 1 is 0.919 bits per heavy atom. The smallest absolute Gasteiger partial charge is 0.416 e. The van der Waals surface area contributed by atoms with Gasteiger partial charge in [0.05, 0.1) is 5.56 Å². The fourth-order valence-electron chi connectivity index (χ4n) is 7.13. The number of benzene rings is 1. The highest BCUT2D eigenvalue weighted by atomic mass is 19.4. The van der Waals surface area contributed by atoms with Crippen molar-refractivity contribution in [1.82, 2.24) is 4.90 Å². The minimum absolute atomic E-state index is 0.0158. The number of hydrogen-bond acceptors (Lipinski definition) is 2. The van der Waals surface area contributed by atoms with E-state index in [9.17, 15) is 31.9 Å². The predicted octanol–water partition coefficient (Wildman–Crippen LogP) is 8.28. The normalized spacial score (nSPS) is 27.9. The van der Waals surface area contributed by atoms with Gasteiger partial charge in [-0.15, -0.1) is 0 Å². The van der Waals surface area contributed by atoms with Gasteiger partial charge in [0, 0.05) is 31.3 Å². The number of carboxylic acids is 1. The predicted molar refractivity (Wildman–Crippen MR) is 133 cm³/mol. The summed E-state index contributed by atoms with van der Waals surface area (Å²) in [7, 11) is 0. The fourth-order valence-corrected chi connectivity index (χ4v) is 7.13. The first-order valence-corrected chi connectivity index (χ1v) is 14.0. The molecule has 0 spiro atoms. The van der Waals surface area contributed by atoms with Gasteiger partial charge >= 0.3 is 12.1 Å². The molecule has 0 unspecified atom stereocenters. The Hall–Kier alpha value is -1.70. The first kappa shape index (κ1) is 28.3. The lowest BCUT2D eigenvalue weighted by Gasteiger charge is -2.48. The van der Waals surface area contributed by atoms with Gasteiger partial charge in [0.2, 0.25) is 5.92 Å². The molecular formula is C29H40F5NO2. The molecule has 1 aromatic carbocycles. The molecule has 8 heteroatoms. The van der Waals surface area contributed by atoms with E-state index in [1.54, 1.807) is 0 Å². The van der Waals surface area contributed by atoms with Crippen LogP contribution < -0.4 is 0 Å². The van der Waals surface area contributed by atoms with Crippen LogP contribution in [-0.4, -0.2) is 40.5 Å². The molecule has 3 fully saturated rings. The quantitative estimate of drug-likeness (QED) is 0.345. The van der Waals surface area contributed by atoms with Crippen LogP contribution in [0.25, 0.3) is 0 Å². The highest BCUT2D eigenvalue weighted by molar-refractivity contribution is 5.67. The molecule has 0 amide bonds. The largest absolute Gasteiger partial charge is 0.481 e. The van der Waals surface area contributed by atoms with Crippen LogP contribution >= 0.6 is 0 Å². The van der Waals surface area contributed by atoms with Crippen molar-refractivity contribution in [3.05, 3.63) is 35.4 Å². The van der Waals surface area contributed by atoms with Crippen LogP contribution in [0, 0.1) is 11.8 Å². The molecular weight excluding hydrogens is 489 g/mol. The minimum atomic E-state index is -4.42. The van der Waals surface area contributed by atoms with Gasteiger partial charge in [0.1, 0.15) is 0 Å². The standard InChI is InChI=1S/C29H40F5NO2/c30-28(31)15-12-24(13-16-28)35(17-14-20-4-2-1-3-5-20)26-11-6-21(19-27(36)37)18-25(26)22-7-9-23(10-8-22)29(32,33)34/h7-10,20-21,24-26H,1-6,11-19H2,(H,36,37)/t21-,25+,26-/m1/s1. The average molecular weight is 530 g/mol. The Balaban J connectivity index is 1.59. The summed E-state index contributed by atoms with van der Waals surface area (Å²) in [6.07, 6.45) is 5.41. The Morgan fingerprint density at radius 2 is 1.57 bits per heavy atom. The Labute approximate surface area is 216 Å². The van der Waals surface area contributed by atoms with E-state index in [0.717, 1.165) is 43.5 Å². The zero-order valence-corrected chi connectivity index (χ0v) is 21.5. The second-order valence-corrected chi connectivity index (χ2v) is 11.7. The number of nitrogens with zero attached hydrogens (tertiary/aromatic N) is 1. The number of aliphatic carboxylic acids is 1. The number of carbonyl (C=O) groups is 1. The van der Waals surface area contributed by atoms with E-state index in [1.165, 1.54) is 44.2 Å². The summed E-state index contributed by atoms with van der Waals surface area (Å²) in [4.78, 5) is 13.9. The minimum Gasteiger partial charge on any atom is -0.481 e. The zero-order chi connectivity index (χ0) is 26.6. The number of halogens is 5. The van der Waals surface area contributed by atoms with Gasteiger partial charge < -0.3 is 5.11 Å². The molecule has 0 aliphatic heterocycles. The monoisotopic (exact) mass is 529 g/mol. The maximum Gasteiger partial charge on any atom is 0.416 e. The molecule has 208 valence electrons. The molecule has 3 aliphatic carbocycles. The second-order valence-electron chi connectivity index (χ2n) is 11.7. The van der Waals surface area contributed by atoms with Gasteiger partial charge in [-0.25, -0.2) is 8.78 Å². The third-order valence-electron chi connectivity index (χ3n) is 9.15. The Morgan fingerprint density at radius 3 is 2.16 bits per heavy atom. The first-order chi connectivity index (χ1) is 17.5. The number of carboxylic acid groups (broad SMARTS) is 1. The highest BCUT2D eigenvalue weighted by Gasteiger charge is 2.42. The molecule has 0 saturated heterocycles. The van der Waals surface area contributed by atoms with Crippen molar-refractivity contribution in [1.29, 1.82) is 0 Å². The molecule has 0 aromatic heterocycles. The topological polar surface area (TPSA) is 40.5 Å². The van der Waals surface area contributed by atoms with Gasteiger partial charge in [-0.2, -0.15) is 13.2 Å². The van der Waals surface area contributed by atoms with E-state index in [1.807, 2.05) is 0 Å². The third kappa shape index (κ3) is 7.67. The number of rotatable bonds is 8. The van der Waals surface area contributed by atoms with Crippen LogP contribution in [0.15, 0.2) is 24.3 Å². The summed E-state index contributed by atoms with van der Waals surface area (Å²) in [5.74, 6) is -3.02. The summed E-state index contributed by atoms with van der Waals surface area (Å²) < 4.78 is 67.7. The average Bonchev–Trinajstić information content (AvgIpc) is 2.85. The zero-order valence-electron chi connectivity index (χ0n) is 21.5. The second kappa shape index (κ2) is 12.0. The fraction of sp³-hybridized carbons (Fsp3) is 0.759. The van der Waals surface area contributed by atoms with Crippen molar-refractivity contribution in [3.8, 4) is 0 Å². The van der Waals surface area contributed by atoms with Crippen LogP contribution in [0.2, 0.25) is 0 Å². The van der Waals surface area contributed by atoms with E-state index in [-0.39, 0.29) is 43.2 Å². The molecule has 0 bridgehead atoms. The van der Waals surface area contributed by atoms with Gasteiger partial charge in [-0.3, -0.25) is 9.69 Å². The lowest BCUT2D eigenvalue weighted by atomic mass is 9.72. The van der Waals surface area contributed by atoms with Crippen molar-refractivity contribution in [2.75, 3.05) is 6.54 Å². The van der Waals surface area contributed by atoms with Gasteiger partial charge in [-0.05, 0) is 80.5 Å². The number of hydrogen-bond donors (Lipinski definition) is 1. The maximum absolute atomic E-state index is 14.0. The van der Waals surface area contributed by atoms with Crippen LogP contribution in [0.4, 0.5) is 22.0 Å². The number of alkyl halides is 5. The Kier molecular flexibility index (Phi) is 9.18. The maximum atomic E-state index is 14.0. The molecule has 1 aromatic rings. The van der Waals surface area contributed by atoms with E-state index >= 15 is 0 Å². The van der Waals surface area contributed by atoms with Gasteiger partial charge in [0.15, 0.2) is 0 Å². The van der Waals surface area contributed by atoms with Crippen molar-refractivity contribution in [2.45, 2.75) is 120 Å². The molecule has 37 heavy (non-hydrogen) atoms. The molecule has 4 rings (SSSR count). The van der Waals surface area contributed by atoms with Crippen molar-refractivity contribution >= 4 is 5.97 Å². The molecule has 0 heterocycles. The van der Waals surface area contributed by atoms with E-state index < -0.39 is 23.6 Å². The summed E-state index contributed by atoms with van der Waals surface area (Å²) in [6.45, 7) is 0.812. The summed E-state index contributed by atoms with van der Waals surface area (Å²) >= 11 is 0.